The Kier molecular flexibility index (Phi) is 7.99. The lowest BCUT2D eigenvalue weighted by Crippen LogP contribution is -2.17. The van der Waals surface area contributed by atoms with Gasteiger partial charge in [0, 0.05) is 36.3 Å². The van der Waals surface area contributed by atoms with E-state index in [2.05, 4.69) is 15.3 Å². The number of rotatable bonds is 8. The molecular weight excluding hydrogens is 579 g/mol. The summed E-state index contributed by atoms with van der Waals surface area (Å²) >= 11 is 12.9. The second-order valence-corrected chi connectivity index (χ2v) is 12.6. The third-order valence-corrected chi connectivity index (χ3v) is 8.07. The lowest BCUT2D eigenvalue weighted by molar-refractivity contribution is 0.0707. The van der Waals surface area contributed by atoms with E-state index >= 15 is 0 Å². The van der Waals surface area contributed by atoms with E-state index < -0.39 is 21.6 Å². The quantitative estimate of drug-likeness (QED) is 0.211. The average molecular weight is 608 g/mol. The highest BCUT2D eigenvalue weighted by Crippen LogP contribution is 2.35. The summed E-state index contributed by atoms with van der Waals surface area (Å²) in [6.07, 6.45) is 2.52. The molecule has 0 aliphatic carbocycles. The summed E-state index contributed by atoms with van der Waals surface area (Å²) in [7, 11) is -2.10. The van der Waals surface area contributed by atoms with Gasteiger partial charge in [-0.1, -0.05) is 23.2 Å². The van der Waals surface area contributed by atoms with E-state index in [1.54, 1.807) is 18.7 Å². The largest absolute Gasteiger partial charge is 0.402 e. The Morgan fingerprint density at radius 2 is 1.75 bits per heavy atom. The second-order valence-electron chi connectivity index (χ2n) is 9.78. The molecule has 11 nitrogen and oxygen atoms in total. The Balaban J connectivity index is 1.86. The first kappa shape index (κ1) is 29.5. The number of carbonyl (C=O) groups excluding carboxylic acids is 2. The van der Waals surface area contributed by atoms with Crippen LogP contribution >= 0.6 is 23.2 Å². The highest BCUT2D eigenvalue weighted by atomic mass is 35.5. The standard InChI is InChI=1S/C26H28Cl2N6O5S/c1-13(2)34-25(39-26(36)23-19(27)12-32(6)31-23)21(16(5)30-34)24(35)17-8-9-20(40(7,37)38)18(22(17)28)11-33-15(4)10-14(3)29-33/h8-10,12-13H,11H2,1-7H3. The van der Waals surface area contributed by atoms with Gasteiger partial charge in [0.25, 0.3) is 0 Å². The summed E-state index contributed by atoms with van der Waals surface area (Å²) in [6, 6.07) is 4.25. The topological polar surface area (TPSA) is 131 Å². The third-order valence-electron chi connectivity index (χ3n) is 6.18. The number of halogens is 2. The maximum Gasteiger partial charge on any atom is 0.367 e. The number of aromatic nitrogens is 6. The van der Waals surface area contributed by atoms with Crippen molar-refractivity contribution in [1.29, 1.82) is 0 Å². The molecule has 4 aromatic rings. The number of hydrogen-bond donors (Lipinski definition) is 0. The number of esters is 1. The fourth-order valence-corrected chi connectivity index (χ4v) is 5.91. The van der Waals surface area contributed by atoms with Crippen LogP contribution in [0.5, 0.6) is 5.88 Å². The number of benzene rings is 1. The van der Waals surface area contributed by atoms with Crippen molar-refractivity contribution >= 4 is 44.8 Å². The van der Waals surface area contributed by atoms with Crippen molar-refractivity contribution in [3.05, 3.63) is 73.9 Å². The normalized spacial score (nSPS) is 11.8. The zero-order chi connectivity index (χ0) is 29.7. The van der Waals surface area contributed by atoms with E-state index in [0.29, 0.717) is 0 Å². The Hall–Kier alpha value is -3.48. The number of ether oxygens (including phenoxy) is 1. The van der Waals surface area contributed by atoms with Crippen LogP contribution in [0.25, 0.3) is 0 Å². The van der Waals surface area contributed by atoms with Gasteiger partial charge in [-0.05, 0) is 52.8 Å². The molecule has 0 bridgehead atoms. The first-order valence-corrected chi connectivity index (χ1v) is 14.8. The minimum Gasteiger partial charge on any atom is -0.402 e. The number of sulfone groups is 1. The Bertz CT molecular complexity index is 1770. The van der Waals surface area contributed by atoms with Crippen molar-refractivity contribution in [2.24, 2.45) is 7.05 Å². The third kappa shape index (κ3) is 5.56. The van der Waals surface area contributed by atoms with Gasteiger partial charge in [-0.25, -0.2) is 17.9 Å². The summed E-state index contributed by atoms with van der Waals surface area (Å²) in [5.41, 5.74) is 1.94. The zero-order valence-corrected chi connectivity index (χ0v) is 25.3. The van der Waals surface area contributed by atoms with Crippen molar-refractivity contribution in [3.63, 3.8) is 0 Å². The van der Waals surface area contributed by atoms with Crippen molar-refractivity contribution in [2.45, 2.75) is 52.1 Å². The molecule has 0 spiro atoms. The number of nitrogens with zero attached hydrogens (tertiary/aromatic N) is 6. The maximum atomic E-state index is 14.0. The van der Waals surface area contributed by atoms with Gasteiger partial charge in [-0.15, -0.1) is 0 Å². The molecule has 1 aromatic carbocycles. The Morgan fingerprint density at radius 3 is 2.27 bits per heavy atom. The van der Waals surface area contributed by atoms with Gasteiger partial charge in [0.1, 0.15) is 5.56 Å². The number of ketones is 1. The predicted octanol–water partition coefficient (Wildman–Crippen LogP) is 4.53. The molecule has 0 aliphatic heterocycles. The van der Waals surface area contributed by atoms with Gasteiger partial charge < -0.3 is 4.74 Å². The molecule has 0 fully saturated rings. The van der Waals surface area contributed by atoms with Gasteiger partial charge in [0.05, 0.1) is 38.9 Å². The summed E-state index contributed by atoms with van der Waals surface area (Å²) in [4.78, 5) is 27.0. The number of aryl methyl sites for hydroxylation is 4. The van der Waals surface area contributed by atoms with Gasteiger partial charge in [-0.3, -0.25) is 14.2 Å². The second kappa shape index (κ2) is 10.8. The van der Waals surface area contributed by atoms with E-state index in [1.807, 2.05) is 33.8 Å². The summed E-state index contributed by atoms with van der Waals surface area (Å²) < 4.78 is 35.4. The van der Waals surface area contributed by atoms with E-state index in [0.717, 1.165) is 17.6 Å². The van der Waals surface area contributed by atoms with E-state index in [-0.39, 0.29) is 61.5 Å². The fraction of sp³-hybridized carbons (Fsp3) is 0.346. The zero-order valence-electron chi connectivity index (χ0n) is 23.0. The highest BCUT2D eigenvalue weighted by molar-refractivity contribution is 7.90. The van der Waals surface area contributed by atoms with Crippen LogP contribution in [0, 0.1) is 20.8 Å². The Labute approximate surface area is 241 Å². The fourth-order valence-electron chi connectivity index (χ4n) is 4.36. The summed E-state index contributed by atoms with van der Waals surface area (Å²) in [5, 5.41) is 12.9. The molecule has 0 amide bonds. The lowest BCUT2D eigenvalue weighted by Gasteiger charge is -2.15. The molecule has 212 valence electrons. The molecule has 4 rings (SSSR count). The van der Waals surface area contributed by atoms with Crippen LogP contribution in [0.2, 0.25) is 10.0 Å². The van der Waals surface area contributed by atoms with Crippen LogP contribution < -0.4 is 4.74 Å². The molecule has 14 heteroatoms. The molecule has 0 atom stereocenters. The monoisotopic (exact) mass is 606 g/mol. The van der Waals surface area contributed by atoms with Crippen LogP contribution in [-0.2, 0) is 23.4 Å². The van der Waals surface area contributed by atoms with Gasteiger partial charge in [0.2, 0.25) is 11.7 Å². The average Bonchev–Trinajstić information content (AvgIpc) is 3.46. The predicted molar refractivity (Wildman–Crippen MR) is 149 cm³/mol. The molecule has 0 N–H and O–H groups in total. The smallest absolute Gasteiger partial charge is 0.367 e. The van der Waals surface area contributed by atoms with Crippen LogP contribution in [0.4, 0.5) is 0 Å². The first-order chi connectivity index (χ1) is 18.6. The molecule has 40 heavy (non-hydrogen) atoms. The van der Waals surface area contributed by atoms with Crippen molar-refractivity contribution in [2.75, 3.05) is 6.26 Å². The van der Waals surface area contributed by atoms with E-state index in [1.165, 1.54) is 27.7 Å². The number of hydrogen-bond acceptors (Lipinski definition) is 8. The SMILES string of the molecule is Cc1cc(C)n(Cc2c(S(C)(=O)=O)ccc(C(=O)c3c(C)nn(C(C)C)c3OC(=O)c3nn(C)cc3Cl)c2Cl)n1. The maximum absolute atomic E-state index is 14.0. The first-order valence-electron chi connectivity index (χ1n) is 12.2. The summed E-state index contributed by atoms with van der Waals surface area (Å²) in [5.74, 6) is -1.57. The minimum atomic E-state index is -3.71. The molecule has 0 aliphatic rings. The van der Waals surface area contributed by atoms with Gasteiger partial charge in [-0.2, -0.15) is 15.3 Å². The molecule has 0 saturated carbocycles. The highest BCUT2D eigenvalue weighted by Gasteiger charge is 2.31. The van der Waals surface area contributed by atoms with Crippen molar-refractivity contribution in [3.8, 4) is 5.88 Å². The van der Waals surface area contributed by atoms with Crippen molar-refractivity contribution < 1.29 is 22.7 Å². The molecule has 0 saturated heterocycles. The number of carbonyl (C=O) groups is 2. The molecule has 3 aromatic heterocycles. The van der Waals surface area contributed by atoms with Gasteiger partial charge >= 0.3 is 5.97 Å². The molecule has 0 unspecified atom stereocenters. The van der Waals surface area contributed by atoms with Crippen molar-refractivity contribution in [1.82, 2.24) is 29.3 Å². The minimum absolute atomic E-state index is 0.000161. The van der Waals surface area contributed by atoms with E-state index in [4.69, 9.17) is 27.9 Å². The molecular formula is C26H28Cl2N6O5S. The van der Waals surface area contributed by atoms with Crippen LogP contribution in [0.1, 0.15) is 68.9 Å². The summed E-state index contributed by atoms with van der Waals surface area (Å²) in [6.45, 7) is 8.90. The lowest BCUT2D eigenvalue weighted by atomic mass is 10.0. The molecule has 0 radical (unpaired) electrons. The van der Waals surface area contributed by atoms with Crippen LogP contribution in [0.3, 0.4) is 0 Å². The Morgan fingerprint density at radius 1 is 1.07 bits per heavy atom. The van der Waals surface area contributed by atoms with Crippen LogP contribution in [0.15, 0.2) is 29.3 Å². The van der Waals surface area contributed by atoms with E-state index in [9.17, 15) is 18.0 Å². The van der Waals surface area contributed by atoms with Gasteiger partial charge in [0.15, 0.2) is 15.5 Å². The van der Waals surface area contributed by atoms with Crippen LogP contribution in [-0.4, -0.2) is 55.8 Å². The molecule has 3 heterocycles.